The number of nitrogens with one attached hydrogen (secondary N) is 2. The van der Waals surface area contributed by atoms with E-state index < -0.39 is 0 Å². The number of benzene rings is 1. The van der Waals surface area contributed by atoms with Crippen LogP contribution in [-0.2, 0) is 6.54 Å². The van der Waals surface area contributed by atoms with Gasteiger partial charge in [0, 0.05) is 47.3 Å². The standard InChI is InChI=1S/C29H25N7O3/c1-2-19-14-21-15-32-29(34-23-5-7-24(8-6-23)38-25-4-3-11-31-17-25)35-27(21)36(28(19)37)18-22-16-33-39-26(22)20-9-12-30-13-10-20/h1,5-10,12-16,25,31H,3-4,11,17-18H2,(H,32,34,35). The molecule has 1 aliphatic heterocycles. The van der Waals surface area contributed by atoms with Gasteiger partial charge in [-0.3, -0.25) is 14.3 Å². The third-order valence-corrected chi connectivity index (χ3v) is 6.56. The van der Waals surface area contributed by atoms with Crippen LogP contribution < -0.4 is 20.9 Å². The normalized spacial score (nSPS) is 15.1. The Hall–Kier alpha value is -5.01. The molecule has 5 heterocycles. The van der Waals surface area contributed by atoms with E-state index in [9.17, 15) is 4.79 Å². The van der Waals surface area contributed by atoms with Crippen LogP contribution in [0.25, 0.3) is 22.4 Å². The molecule has 10 nitrogen and oxygen atoms in total. The summed E-state index contributed by atoms with van der Waals surface area (Å²) in [7, 11) is 0. The van der Waals surface area contributed by atoms with Gasteiger partial charge in [0.15, 0.2) is 5.76 Å². The third kappa shape index (κ3) is 5.21. The van der Waals surface area contributed by atoms with Crippen molar-refractivity contribution in [2.75, 3.05) is 18.4 Å². The predicted octanol–water partition coefficient (Wildman–Crippen LogP) is 3.75. The Morgan fingerprint density at radius 2 is 2.03 bits per heavy atom. The Bertz CT molecular complexity index is 1700. The highest BCUT2D eigenvalue weighted by atomic mass is 16.5. The molecule has 0 saturated carbocycles. The minimum Gasteiger partial charge on any atom is -0.489 e. The molecule has 1 unspecified atom stereocenters. The van der Waals surface area contributed by atoms with Gasteiger partial charge >= 0.3 is 0 Å². The van der Waals surface area contributed by atoms with E-state index in [1.165, 1.54) is 4.57 Å². The van der Waals surface area contributed by atoms with E-state index in [-0.39, 0.29) is 23.8 Å². The van der Waals surface area contributed by atoms with Crippen LogP contribution in [-0.4, -0.2) is 43.9 Å². The van der Waals surface area contributed by atoms with Gasteiger partial charge in [-0.2, -0.15) is 4.98 Å². The molecule has 1 atom stereocenters. The number of fused-ring (bicyclic) bond motifs is 1. The third-order valence-electron chi connectivity index (χ3n) is 6.56. The van der Waals surface area contributed by atoms with Gasteiger partial charge in [0.1, 0.15) is 17.5 Å². The first-order valence-electron chi connectivity index (χ1n) is 12.6. The summed E-state index contributed by atoms with van der Waals surface area (Å²) in [6.45, 7) is 2.05. The van der Waals surface area contributed by atoms with Crippen LogP contribution in [0.15, 0.2) is 76.6 Å². The topological polar surface area (TPSA) is 120 Å². The van der Waals surface area contributed by atoms with E-state index >= 15 is 0 Å². The lowest BCUT2D eigenvalue weighted by molar-refractivity contribution is 0.167. The second-order valence-corrected chi connectivity index (χ2v) is 9.22. The van der Waals surface area contributed by atoms with Gasteiger partial charge < -0.3 is 19.9 Å². The Balaban J connectivity index is 1.30. The van der Waals surface area contributed by atoms with E-state index in [1.54, 1.807) is 30.9 Å². The molecular weight excluding hydrogens is 494 g/mol. The van der Waals surface area contributed by atoms with E-state index in [0.29, 0.717) is 28.3 Å². The predicted molar refractivity (Wildman–Crippen MR) is 147 cm³/mol. The molecule has 0 bridgehead atoms. The average Bonchev–Trinajstić information content (AvgIpc) is 3.45. The number of anilines is 2. The molecule has 1 fully saturated rings. The fourth-order valence-corrected chi connectivity index (χ4v) is 4.61. The first-order valence-corrected chi connectivity index (χ1v) is 12.6. The highest BCUT2D eigenvalue weighted by molar-refractivity contribution is 5.77. The van der Waals surface area contributed by atoms with E-state index in [4.69, 9.17) is 15.7 Å². The minimum absolute atomic E-state index is 0.157. The van der Waals surface area contributed by atoms with Crippen LogP contribution in [0.5, 0.6) is 5.75 Å². The summed E-state index contributed by atoms with van der Waals surface area (Å²) in [5.41, 5.74) is 2.61. The molecule has 194 valence electrons. The van der Waals surface area contributed by atoms with Gasteiger partial charge in [0.05, 0.1) is 18.3 Å². The Morgan fingerprint density at radius 1 is 1.18 bits per heavy atom. The summed E-state index contributed by atoms with van der Waals surface area (Å²) in [6, 6.07) is 12.9. The lowest BCUT2D eigenvalue weighted by atomic mass is 10.1. The van der Waals surface area contributed by atoms with Gasteiger partial charge in [-0.05, 0) is 61.9 Å². The van der Waals surface area contributed by atoms with Crippen molar-refractivity contribution in [1.82, 2.24) is 30.0 Å². The Labute approximate surface area is 224 Å². The number of hydrogen-bond acceptors (Lipinski definition) is 9. The molecule has 0 spiro atoms. The van der Waals surface area contributed by atoms with Gasteiger partial charge in [-0.1, -0.05) is 11.1 Å². The molecule has 4 aromatic heterocycles. The lowest BCUT2D eigenvalue weighted by Crippen LogP contribution is -2.37. The molecule has 1 aromatic carbocycles. The van der Waals surface area contributed by atoms with Crippen molar-refractivity contribution in [1.29, 1.82) is 0 Å². The second-order valence-electron chi connectivity index (χ2n) is 9.22. The van der Waals surface area contributed by atoms with Crippen molar-refractivity contribution < 1.29 is 9.26 Å². The number of piperidine rings is 1. The largest absolute Gasteiger partial charge is 0.489 e. The molecule has 1 saturated heterocycles. The number of hydrogen-bond donors (Lipinski definition) is 2. The van der Waals surface area contributed by atoms with Crippen LogP contribution >= 0.6 is 0 Å². The maximum atomic E-state index is 13.3. The van der Waals surface area contributed by atoms with Crippen LogP contribution in [0.2, 0.25) is 0 Å². The summed E-state index contributed by atoms with van der Waals surface area (Å²) in [5, 5.41) is 11.2. The Morgan fingerprint density at radius 3 is 2.79 bits per heavy atom. The average molecular weight is 520 g/mol. The number of pyridine rings is 2. The first-order chi connectivity index (χ1) is 19.2. The van der Waals surface area contributed by atoms with Crippen molar-refractivity contribution >= 4 is 22.7 Å². The van der Waals surface area contributed by atoms with Gasteiger partial charge in [-0.25, -0.2) is 4.98 Å². The molecule has 10 heteroatoms. The summed E-state index contributed by atoms with van der Waals surface area (Å²) in [5.74, 6) is 4.17. The molecule has 0 radical (unpaired) electrons. The highest BCUT2D eigenvalue weighted by Crippen LogP contribution is 2.25. The molecule has 5 aromatic rings. The minimum atomic E-state index is -0.338. The Kier molecular flexibility index (Phi) is 6.72. The quantitative estimate of drug-likeness (QED) is 0.310. The van der Waals surface area contributed by atoms with Crippen molar-refractivity contribution in [3.05, 3.63) is 88.7 Å². The van der Waals surface area contributed by atoms with Gasteiger partial charge in [-0.15, -0.1) is 6.42 Å². The number of nitrogens with zero attached hydrogens (tertiary/aromatic N) is 5. The van der Waals surface area contributed by atoms with Crippen LogP contribution in [0.1, 0.15) is 24.0 Å². The number of terminal acetylenes is 1. The molecule has 6 rings (SSSR count). The monoisotopic (exact) mass is 519 g/mol. The molecule has 0 aliphatic carbocycles. The van der Waals surface area contributed by atoms with E-state index in [1.807, 2.05) is 36.4 Å². The van der Waals surface area contributed by atoms with Crippen LogP contribution in [0, 0.1) is 12.3 Å². The van der Waals surface area contributed by atoms with E-state index in [0.717, 1.165) is 42.9 Å². The molecule has 39 heavy (non-hydrogen) atoms. The van der Waals surface area contributed by atoms with Crippen molar-refractivity contribution in [3.63, 3.8) is 0 Å². The zero-order valence-corrected chi connectivity index (χ0v) is 21.0. The number of ether oxygens (including phenoxy) is 1. The summed E-state index contributed by atoms with van der Waals surface area (Å²) < 4.78 is 13.1. The van der Waals surface area contributed by atoms with E-state index in [2.05, 4.69) is 36.7 Å². The van der Waals surface area contributed by atoms with Crippen LogP contribution in [0.4, 0.5) is 11.6 Å². The summed E-state index contributed by atoms with van der Waals surface area (Å²) in [4.78, 5) is 26.5. The van der Waals surface area contributed by atoms with Crippen LogP contribution in [0.3, 0.4) is 0 Å². The number of aromatic nitrogens is 5. The molecule has 1 aliphatic rings. The fourth-order valence-electron chi connectivity index (χ4n) is 4.61. The SMILES string of the molecule is C#Cc1cc2cnc(Nc3ccc(OC4CCCNC4)cc3)nc2n(Cc2cnoc2-c2ccncc2)c1=O. The zero-order valence-electron chi connectivity index (χ0n) is 21.0. The first kappa shape index (κ1) is 24.3. The molecule has 2 N–H and O–H groups in total. The second kappa shape index (κ2) is 10.8. The highest BCUT2D eigenvalue weighted by Gasteiger charge is 2.17. The van der Waals surface area contributed by atoms with Gasteiger partial charge in [0.25, 0.3) is 5.56 Å². The number of rotatable bonds is 7. The smallest absolute Gasteiger partial charge is 0.268 e. The van der Waals surface area contributed by atoms with Crippen molar-refractivity contribution in [2.24, 2.45) is 0 Å². The maximum Gasteiger partial charge on any atom is 0.268 e. The van der Waals surface area contributed by atoms with Crippen molar-refractivity contribution in [2.45, 2.75) is 25.5 Å². The maximum absolute atomic E-state index is 13.3. The lowest BCUT2D eigenvalue weighted by Gasteiger charge is -2.24. The van der Waals surface area contributed by atoms with Gasteiger partial charge in [0.2, 0.25) is 5.95 Å². The zero-order chi connectivity index (χ0) is 26.6. The summed E-state index contributed by atoms with van der Waals surface area (Å²) >= 11 is 0. The fraction of sp³-hybridized carbons (Fsp3) is 0.207. The summed E-state index contributed by atoms with van der Waals surface area (Å²) in [6.07, 6.45) is 14.5. The molecular formula is C29H25N7O3. The van der Waals surface area contributed by atoms with Crippen molar-refractivity contribution in [3.8, 4) is 29.4 Å². The molecule has 0 amide bonds.